The number of anilines is 1. The first kappa shape index (κ1) is 12.0. The van der Waals surface area contributed by atoms with Gasteiger partial charge in [-0.25, -0.2) is 10.2 Å². The van der Waals surface area contributed by atoms with Gasteiger partial charge in [0.1, 0.15) is 0 Å². The minimum atomic E-state index is -0.582. The van der Waals surface area contributed by atoms with Gasteiger partial charge in [-0.2, -0.15) is 5.10 Å². The van der Waals surface area contributed by atoms with Gasteiger partial charge in [-0.3, -0.25) is 0 Å². The molecule has 0 saturated heterocycles. The Morgan fingerprint density at radius 1 is 1.38 bits per heavy atom. The number of hydrazone groups is 1. The normalized spacial score (nSPS) is 10.2. The maximum atomic E-state index is 10.7. The summed E-state index contributed by atoms with van der Waals surface area (Å²) in [6.07, 6.45) is 0.970. The van der Waals surface area contributed by atoms with Gasteiger partial charge in [0.25, 0.3) is 0 Å². The topological polar surface area (TPSA) is 53.9 Å². The molecule has 1 amide bonds. The highest BCUT2D eigenvalue weighted by atomic mass is 16.5. The van der Waals surface area contributed by atoms with Crippen LogP contribution in [0.2, 0.25) is 0 Å². The molecular formula is C11H15N3O2. The lowest BCUT2D eigenvalue weighted by molar-refractivity contribution is 0.171. The van der Waals surface area contributed by atoms with Crippen LogP contribution in [0.15, 0.2) is 29.4 Å². The average Bonchev–Trinajstić information content (AvgIpc) is 2.29. The summed E-state index contributed by atoms with van der Waals surface area (Å²) >= 11 is 0. The van der Waals surface area contributed by atoms with Gasteiger partial charge >= 0.3 is 6.09 Å². The summed E-state index contributed by atoms with van der Waals surface area (Å²) in [7, 11) is 5.24. The van der Waals surface area contributed by atoms with Gasteiger partial charge in [0.05, 0.1) is 13.3 Å². The highest BCUT2D eigenvalue weighted by molar-refractivity contribution is 5.81. The number of benzene rings is 1. The van der Waals surface area contributed by atoms with Crippen LogP contribution in [0.3, 0.4) is 0 Å². The Bertz CT molecular complexity index is 371. The van der Waals surface area contributed by atoms with E-state index in [-0.39, 0.29) is 0 Å². The van der Waals surface area contributed by atoms with E-state index in [1.807, 2.05) is 43.3 Å². The van der Waals surface area contributed by atoms with Crippen molar-refractivity contribution in [1.82, 2.24) is 5.43 Å². The molecule has 0 atom stereocenters. The van der Waals surface area contributed by atoms with Crippen molar-refractivity contribution < 1.29 is 9.53 Å². The van der Waals surface area contributed by atoms with E-state index in [1.165, 1.54) is 7.11 Å². The van der Waals surface area contributed by atoms with Gasteiger partial charge in [0.15, 0.2) is 0 Å². The number of nitrogens with one attached hydrogen (secondary N) is 1. The second-order valence-corrected chi connectivity index (χ2v) is 3.35. The van der Waals surface area contributed by atoms with Gasteiger partial charge < -0.3 is 9.64 Å². The first-order valence-corrected chi connectivity index (χ1v) is 4.78. The van der Waals surface area contributed by atoms with Crippen LogP contribution in [0.1, 0.15) is 5.56 Å². The summed E-state index contributed by atoms with van der Waals surface area (Å²) in [4.78, 5) is 12.7. The molecule has 1 N–H and O–H groups in total. The van der Waals surface area contributed by atoms with E-state index in [2.05, 4.69) is 15.3 Å². The highest BCUT2D eigenvalue weighted by Crippen LogP contribution is 2.10. The molecule has 5 heteroatoms. The molecular weight excluding hydrogens is 206 g/mol. The zero-order chi connectivity index (χ0) is 12.0. The van der Waals surface area contributed by atoms with Crippen molar-refractivity contribution in [2.45, 2.75) is 0 Å². The van der Waals surface area contributed by atoms with Crippen molar-refractivity contribution in [2.24, 2.45) is 5.10 Å². The van der Waals surface area contributed by atoms with Gasteiger partial charge in [-0.15, -0.1) is 0 Å². The molecule has 16 heavy (non-hydrogen) atoms. The van der Waals surface area contributed by atoms with Crippen LogP contribution in [-0.2, 0) is 4.74 Å². The summed E-state index contributed by atoms with van der Waals surface area (Å²) in [5.74, 6) is 0. The van der Waals surface area contributed by atoms with Crippen LogP contribution in [0, 0.1) is 0 Å². The third-order valence-electron chi connectivity index (χ3n) is 1.96. The fourth-order valence-corrected chi connectivity index (χ4v) is 1.06. The second kappa shape index (κ2) is 5.75. The SMILES string of the molecule is COC(=O)N/N=C/c1ccc(N(C)C)cc1. The first-order chi connectivity index (χ1) is 7.63. The Morgan fingerprint density at radius 3 is 2.50 bits per heavy atom. The molecule has 0 heterocycles. The zero-order valence-electron chi connectivity index (χ0n) is 9.60. The summed E-state index contributed by atoms with van der Waals surface area (Å²) in [5.41, 5.74) is 4.23. The van der Waals surface area contributed by atoms with Crippen molar-refractivity contribution in [3.8, 4) is 0 Å². The maximum Gasteiger partial charge on any atom is 0.427 e. The first-order valence-electron chi connectivity index (χ1n) is 4.78. The smallest absolute Gasteiger partial charge is 0.427 e. The molecule has 1 rings (SSSR count). The lowest BCUT2D eigenvalue weighted by Gasteiger charge is -2.11. The Hall–Kier alpha value is -2.04. The molecule has 1 aromatic carbocycles. The predicted octanol–water partition coefficient (Wildman–Crippen LogP) is 1.44. The lowest BCUT2D eigenvalue weighted by Crippen LogP contribution is -2.16. The predicted molar refractivity (Wildman–Crippen MR) is 63.9 cm³/mol. The van der Waals surface area contributed by atoms with Crippen molar-refractivity contribution in [3.05, 3.63) is 29.8 Å². The van der Waals surface area contributed by atoms with Crippen molar-refractivity contribution >= 4 is 18.0 Å². The summed E-state index contributed by atoms with van der Waals surface area (Å²) in [6, 6.07) is 7.77. The van der Waals surface area contributed by atoms with E-state index in [0.29, 0.717) is 0 Å². The van der Waals surface area contributed by atoms with Crippen LogP contribution in [0.4, 0.5) is 10.5 Å². The molecule has 0 aromatic heterocycles. The van der Waals surface area contributed by atoms with E-state index in [1.54, 1.807) is 6.21 Å². The number of methoxy groups -OCH3 is 1. The van der Waals surface area contributed by atoms with E-state index in [9.17, 15) is 4.79 Å². The molecule has 5 nitrogen and oxygen atoms in total. The summed E-state index contributed by atoms with van der Waals surface area (Å²) in [5, 5.41) is 3.72. The van der Waals surface area contributed by atoms with E-state index >= 15 is 0 Å². The largest absolute Gasteiger partial charge is 0.452 e. The number of nitrogens with zero attached hydrogens (tertiary/aromatic N) is 2. The Kier molecular flexibility index (Phi) is 4.32. The number of carbonyl (C=O) groups excluding carboxylic acids is 1. The van der Waals surface area contributed by atoms with Crippen LogP contribution < -0.4 is 10.3 Å². The molecule has 0 saturated carbocycles. The molecule has 0 aliphatic heterocycles. The Morgan fingerprint density at radius 2 is 2.00 bits per heavy atom. The van der Waals surface area contributed by atoms with Crippen LogP contribution in [0.5, 0.6) is 0 Å². The van der Waals surface area contributed by atoms with Gasteiger partial charge in [-0.05, 0) is 17.7 Å². The van der Waals surface area contributed by atoms with E-state index < -0.39 is 6.09 Å². The van der Waals surface area contributed by atoms with Crippen molar-refractivity contribution in [3.63, 3.8) is 0 Å². The Balaban J connectivity index is 2.58. The molecule has 0 aliphatic carbocycles. The third-order valence-corrected chi connectivity index (χ3v) is 1.96. The second-order valence-electron chi connectivity index (χ2n) is 3.35. The van der Waals surface area contributed by atoms with Gasteiger partial charge in [0.2, 0.25) is 0 Å². The minimum Gasteiger partial charge on any atom is -0.452 e. The number of ether oxygens (including phenoxy) is 1. The summed E-state index contributed by atoms with van der Waals surface area (Å²) < 4.78 is 4.37. The number of carbonyl (C=O) groups is 1. The van der Waals surface area contributed by atoms with Gasteiger partial charge in [0, 0.05) is 19.8 Å². The van der Waals surface area contributed by atoms with Crippen molar-refractivity contribution in [2.75, 3.05) is 26.1 Å². The zero-order valence-corrected chi connectivity index (χ0v) is 9.60. The molecule has 0 unspecified atom stereocenters. The van der Waals surface area contributed by atoms with Crippen LogP contribution in [-0.4, -0.2) is 33.5 Å². The quantitative estimate of drug-likeness (QED) is 0.620. The van der Waals surface area contributed by atoms with Crippen LogP contribution in [0.25, 0.3) is 0 Å². The van der Waals surface area contributed by atoms with Crippen LogP contribution >= 0.6 is 0 Å². The van der Waals surface area contributed by atoms with E-state index in [0.717, 1.165) is 11.3 Å². The summed E-state index contributed by atoms with van der Waals surface area (Å²) in [6.45, 7) is 0. The fourth-order valence-electron chi connectivity index (χ4n) is 1.06. The number of hydrogen-bond acceptors (Lipinski definition) is 4. The highest BCUT2D eigenvalue weighted by Gasteiger charge is 1.95. The van der Waals surface area contributed by atoms with Gasteiger partial charge in [-0.1, -0.05) is 12.1 Å². The molecule has 0 spiro atoms. The average molecular weight is 221 g/mol. The lowest BCUT2D eigenvalue weighted by atomic mass is 10.2. The molecule has 1 aromatic rings. The molecule has 86 valence electrons. The third kappa shape index (κ3) is 3.61. The number of amides is 1. The maximum absolute atomic E-state index is 10.7. The number of hydrogen-bond donors (Lipinski definition) is 1. The molecule has 0 radical (unpaired) electrons. The minimum absolute atomic E-state index is 0.582. The standard InChI is InChI=1S/C11H15N3O2/c1-14(2)10-6-4-9(5-7-10)8-12-13-11(15)16-3/h4-8H,1-3H3,(H,13,15)/b12-8+. The fraction of sp³-hybridized carbons (Fsp3) is 0.273. The number of rotatable bonds is 3. The monoisotopic (exact) mass is 221 g/mol. The Labute approximate surface area is 94.7 Å². The molecule has 0 aliphatic rings. The molecule has 0 fully saturated rings. The molecule has 0 bridgehead atoms. The van der Waals surface area contributed by atoms with Crippen molar-refractivity contribution in [1.29, 1.82) is 0 Å². The van der Waals surface area contributed by atoms with E-state index in [4.69, 9.17) is 0 Å².